The van der Waals surface area contributed by atoms with Crippen molar-refractivity contribution in [3.05, 3.63) is 57.6 Å². The van der Waals surface area contributed by atoms with Crippen LogP contribution in [0.1, 0.15) is 78.8 Å². The monoisotopic (exact) mass is 362 g/mol. The molecule has 2 aromatic rings. The second-order valence-electron chi connectivity index (χ2n) is 8.73. The van der Waals surface area contributed by atoms with Crippen molar-refractivity contribution in [1.29, 1.82) is 0 Å². The molecule has 0 amide bonds. The zero-order valence-corrected chi connectivity index (χ0v) is 18.8. The van der Waals surface area contributed by atoms with Gasteiger partial charge in [0.05, 0.1) is 0 Å². The van der Waals surface area contributed by atoms with Gasteiger partial charge < -0.3 is 0 Å². The smallest absolute Gasteiger partial charge is 0.0684 e. The van der Waals surface area contributed by atoms with Crippen LogP contribution in [0.2, 0.25) is 6.32 Å². The van der Waals surface area contributed by atoms with Crippen LogP contribution in [-0.2, 0) is 0 Å². The van der Waals surface area contributed by atoms with Crippen LogP contribution in [0.5, 0.6) is 0 Å². The number of unbranched alkanes of at least 4 members (excludes halogenated alkanes) is 5. The topological polar surface area (TPSA) is 0 Å². The largest absolute Gasteiger partial charge is 0.210 e. The maximum Gasteiger partial charge on any atom is 0.210 e. The van der Waals surface area contributed by atoms with Gasteiger partial charge in [0, 0.05) is 0 Å². The van der Waals surface area contributed by atoms with E-state index in [4.69, 9.17) is 0 Å². The first-order valence-corrected chi connectivity index (χ1v) is 11.0. The standard InChI is InChI=1S/C26H39B/c1-8-9-10-11-12-13-14-27(25-21(4)15-19(2)16-22(25)5)26-23(6)17-20(3)18-24(26)7/h15-18H,8-14H2,1-7H3. The zero-order valence-electron chi connectivity index (χ0n) is 18.8. The molecule has 0 fully saturated rings. The molecule has 1 heteroatoms. The van der Waals surface area contributed by atoms with Gasteiger partial charge in [0.2, 0.25) is 6.71 Å². The predicted molar refractivity (Wildman–Crippen MR) is 125 cm³/mol. The molecule has 0 atom stereocenters. The third-order valence-corrected chi connectivity index (χ3v) is 6.02. The van der Waals surface area contributed by atoms with Gasteiger partial charge in [-0.2, -0.15) is 0 Å². The van der Waals surface area contributed by atoms with Gasteiger partial charge in [-0.15, -0.1) is 0 Å². The van der Waals surface area contributed by atoms with Crippen molar-refractivity contribution in [1.82, 2.24) is 0 Å². The Bertz CT molecular complexity index is 653. The van der Waals surface area contributed by atoms with E-state index >= 15 is 0 Å². The lowest BCUT2D eigenvalue weighted by Crippen LogP contribution is -2.47. The molecular weight excluding hydrogens is 323 g/mol. The lowest BCUT2D eigenvalue weighted by Gasteiger charge is -2.24. The van der Waals surface area contributed by atoms with Gasteiger partial charge in [0.25, 0.3) is 0 Å². The number of hydrogen-bond acceptors (Lipinski definition) is 0. The van der Waals surface area contributed by atoms with Crippen molar-refractivity contribution in [3.8, 4) is 0 Å². The van der Waals surface area contributed by atoms with Crippen LogP contribution in [0.25, 0.3) is 0 Å². The molecule has 0 saturated heterocycles. The second-order valence-corrected chi connectivity index (χ2v) is 8.73. The van der Waals surface area contributed by atoms with Crippen molar-refractivity contribution in [2.75, 3.05) is 0 Å². The molecule has 0 radical (unpaired) electrons. The van der Waals surface area contributed by atoms with E-state index in [2.05, 4.69) is 72.7 Å². The molecule has 0 aromatic heterocycles. The molecular formula is C26H39B. The first-order chi connectivity index (χ1) is 12.8. The highest BCUT2D eigenvalue weighted by Crippen LogP contribution is 2.17. The van der Waals surface area contributed by atoms with Gasteiger partial charge >= 0.3 is 0 Å². The summed E-state index contributed by atoms with van der Waals surface area (Å²) in [5.74, 6) is 0. The van der Waals surface area contributed by atoms with Crippen LogP contribution >= 0.6 is 0 Å². The summed E-state index contributed by atoms with van der Waals surface area (Å²) >= 11 is 0. The summed E-state index contributed by atoms with van der Waals surface area (Å²) in [6, 6.07) is 9.48. The van der Waals surface area contributed by atoms with Crippen LogP contribution in [0.3, 0.4) is 0 Å². The van der Waals surface area contributed by atoms with Gasteiger partial charge in [0.1, 0.15) is 0 Å². The van der Waals surface area contributed by atoms with Crippen LogP contribution in [0.4, 0.5) is 0 Å². The third kappa shape index (κ3) is 5.74. The molecule has 0 unspecified atom stereocenters. The summed E-state index contributed by atoms with van der Waals surface area (Å²) in [5, 5.41) is 0. The molecule has 2 rings (SSSR count). The Balaban J connectivity index is 2.36. The Morgan fingerprint density at radius 1 is 0.556 bits per heavy atom. The molecule has 0 aliphatic rings. The van der Waals surface area contributed by atoms with Crippen molar-refractivity contribution in [2.45, 2.75) is 93.3 Å². The maximum atomic E-state index is 2.37. The minimum Gasteiger partial charge on any atom is -0.0684 e. The van der Waals surface area contributed by atoms with E-state index in [1.54, 1.807) is 10.9 Å². The Morgan fingerprint density at radius 2 is 0.926 bits per heavy atom. The van der Waals surface area contributed by atoms with Crippen LogP contribution in [0.15, 0.2) is 24.3 Å². The maximum absolute atomic E-state index is 2.37. The average molecular weight is 362 g/mol. The number of rotatable bonds is 9. The molecule has 0 aliphatic heterocycles. The highest BCUT2D eigenvalue weighted by Gasteiger charge is 2.25. The zero-order chi connectivity index (χ0) is 20.0. The predicted octanol–water partition coefficient (Wildman–Crippen LogP) is 6.51. The van der Waals surface area contributed by atoms with Crippen molar-refractivity contribution in [3.63, 3.8) is 0 Å². The van der Waals surface area contributed by atoms with E-state index in [9.17, 15) is 0 Å². The molecule has 0 saturated carbocycles. The van der Waals surface area contributed by atoms with Gasteiger partial charge in [0.15, 0.2) is 0 Å². The van der Waals surface area contributed by atoms with Gasteiger partial charge in [-0.3, -0.25) is 0 Å². The lowest BCUT2D eigenvalue weighted by molar-refractivity contribution is 0.624. The number of hydrogen-bond donors (Lipinski definition) is 0. The first kappa shape index (κ1) is 21.8. The Labute approximate surface area is 168 Å². The van der Waals surface area contributed by atoms with Gasteiger partial charge in [-0.05, 0) is 41.5 Å². The summed E-state index contributed by atoms with van der Waals surface area (Å²) < 4.78 is 0. The van der Waals surface area contributed by atoms with E-state index in [-0.39, 0.29) is 0 Å². The summed E-state index contributed by atoms with van der Waals surface area (Å²) in [4.78, 5) is 0. The molecule has 27 heavy (non-hydrogen) atoms. The van der Waals surface area contributed by atoms with E-state index in [0.29, 0.717) is 6.71 Å². The van der Waals surface area contributed by atoms with Crippen molar-refractivity contribution >= 4 is 17.6 Å². The highest BCUT2D eigenvalue weighted by atomic mass is 14.1. The second kappa shape index (κ2) is 10.2. The van der Waals surface area contributed by atoms with Crippen LogP contribution in [0, 0.1) is 41.5 Å². The SMILES string of the molecule is CCCCCCCCB(c1c(C)cc(C)cc1C)c1c(C)cc(C)cc1C. The quantitative estimate of drug-likeness (QED) is 0.352. The first-order valence-electron chi connectivity index (χ1n) is 11.0. The van der Waals surface area contributed by atoms with Gasteiger partial charge in [-0.1, -0.05) is 120 Å². The summed E-state index contributed by atoms with van der Waals surface area (Å²) in [7, 11) is 0. The third-order valence-electron chi connectivity index (χ3n) is 6.02. The summed E-state index contributed by atoms with van der Waals surface area (Å²) in [6.45, 7) is 16.5. The minimum atomic E-state index is 0.525. The lowest BCUT2D eigenvalue weighted by atomic mass is 9.35. The number of aryl methyl sites for hydroxylation is 6. The van der Waals surface area contributed by atoms with Crippen LogP contribution in [-0.4, -0.2) is 6.71 Å². The highest BCUT2D eigenvalue weighted by molar-refractivity contribution is 6.86. The fourth-order valence-corrected chi connectivity index (χ4v) is 5.04. The molecule has 0 nitrogen and oxygen atoms in total. The van der Waals surface area contributed by atoms with E-state index in [0.717, 1.165) is 0 Å². The molecule has 146 valence electrons. The van der Waals surface area contributed by atoms with E-state index < -0.39 is 0 Å². The van der Waals surface area contributed by atoms with Gasteiger partial charge in [-0.25, -0.2) is 0 Å². The van der Waals surface area contributed by atoms with E-state index in [1.807, 2.05) is 0 Å². The Hall–Kier alpha value is -1.50. The summed E-state index contributed by atoms with van der Waals surface area (Å²) in [5.41, 5.74) is 11.7. The minimum absolute atomic E-state index is 0.525. The fourth-order valence-electron chi connectivity index (χ4n) is 5.04. The molecule has 0 N–H and O–H groups in total. The molecule has 2 aromatic carbocycles. The molecule has 0 bridgehead atoms. The Kier molecular flexibility index (Phi) is 8.20. The average Bonchev–Trinajstić information content (AvgIpc) is 2.55. The van der Waals surface area contributed by atoms with Crippen molar-refractivity contribution in [2.24, 2.45) is 0 Å². The normalized spacial score (nSPS) is 11.1. The Morgan fingerprint density at radius 3 is 1.33 bits per heavy atom. The van der Waals surface area contributed by atoms with Crippen molar-refractivity contribution < 1.29 is 0 Å². The summed E-state index contributed by atoms with van der Waals surface area (Å²) in [6.07, 6.45) is 9.45. The van der Waals surface area contributed by atoms with Crippen LogP contribution < -0.4 is 10.9 Å². The fraction of sp³-hybridized carbons (Fsp3) is 0.538. The van der Waals surface area contributed by atoms with E-state index in [1.165, 1.54) is 78.2 Å². The number of benzene rings is 2. The molecule has 0 spiro atoms. The molecule has 0 aliphatic carbocycles. The molecule has 0 heterocycles.